The van der Waals surface area contributed by atoms with Crippen molar-refractivity contribution in [2.45, 2.75) is 82.7 Å². The van der Waals surface area contributed by atoms with Crippen molar-refractivity contribution in [3.8, 4) is 0 Å². The highest BCUT2D eigenvalue weighted by molar-refractivity contribution is 7.89. The van der Waals surface area contributed by atoms with Gasteiger partial charge in [0.25, 0.3) is 0 Å². The number of fused-ring (bicyclic) bond motifs is 1. The van der Waals surface area contributed by atoms with E-state index in [1.807, 2.05) is 6.92 Å². The predicted molar refractivity (Wildman–Crippen MR) is 124 cm³/mol. The number of hydrogen-bond donors (Lipinski definition) is 1. The molecule has 32 heavy (non-hydrogen) atoms. The average Bonchev–Trinajstić information content (AvgIpc) is 3.10. The normalized spacial score (nSPS) is 28.9. The Morgan fingerprint density at radius 2 is 1.78 bits per heavy atom. The van der Waals surface area contributed by atoms with Crippen molar-refractivity contribution in [1.82, 2.24) is 9.62 Å². The number of amides is 2. The molecule has 2 fully saturated rings. The molecule has 0 spiro atoms. The topological polar surface area (TPSA) is 86.8 Å². The maximum absolute atomic E-state index is 13.4. The van der Waals surface area contributed by atoms with Gasteiger partial charge in [0.05, 0.1) is 10.8 Å². The molecule has 1 aliphatic carbocycles. The number of rotatable bonds is 4. The molecule has 0 unspecified atom stereocenters. The highest BCUT2D eigenvalue weighted by Gasteiger charge is 2.36. The zero-order valence-corrected chi connectivity index (χ0v) is 20.2. The predicted octanol–water partition coefficient (Wildman–Crippen LogP) is 3.08. The molecule has 2 aliphatic heterocycles. The standard InChI is InChI=1S/C24H35N3O4S/c1-16-6-8-21(9-7-16)25-24(29)19-5-4-12-26(15-19)32(30,31)22-10-11-23-20(14-22)13-17(2)27(23)18(3)28/h10-11,14,16-17,19,21H,4-9,12-13,15H2,1-3H3,(H,25,29)/t16?,17-,19-,21?/m0/s1. The number of hydrogen-bond acceptors (Lipinski definition) is 4. The summed E-state index contributed by atoms with van der Waals surface area (Å²) in [5, 5.41) is 3.18. The Labute approximate surface area is 191 Å². The van der Waals surface area contributed by atoms with Gasteiger partial charge in [0.1, 0.15) is 0 Å². The fourth-order valence-corrected chi connectivity index (χ4v) is 7.07. The molecule has 1 saturated carbocycles. The highest BCUT2D eigenvalue weighted by Crippen LogP contribution is 2.35. The lowest BCUT2D eigenvalue weighted by molar-refractivity contribution is -0.127. The van der Waals surface area contributed by atoms with Gasteiger partial charge in [0.2, 0.25) is 21.8 Å². The van der Waals surface area contributed by atoms with E-state index in [4.69, 9.17) is 0 Å². The first-order valence-electron chi connectivity index (χ1n) is 11.9. The lowest BCUT2D eigenvalue weighted by atomic mass is 9.87. The van der Waals surface area contributed by atoms with Gasteiger partial charge >= 0.3 is 0 Å². The van der Waals surface area contributed by atoms with Gasteiger partial charge in [0, 0.05) is 37.8 Å². The molecular formula is C24H35N3O4S. The van der Waals surface area contributed by atoms with E-state index < -0.39 is 10.0 Å². The Kier molecular flexibility index (Phi) is 6.63. The molecule has 2 atom stereocenters. The first-order valence-corrected chi connectivity index (χ1v) is 13.3. The Hall–Kier alpha value is -1.93. The fourth-order valence-electron chi connectivity index (χ4n) is 5.50. The molecular weight excluding hydrogens is 426 g/mol. The van der Waals surface area contributed by atoms with Crippen molar-refractivity contribution in [2.75, 3.05) is 18.0 Å². The summed E-state index contributed by atoms with van der Waals surface area (Å²) in [5.41, 5.74) is 1.67. The molecule has 176 valence electrons. The Balaban J connectivity index is 1.45. The van der Waals surface area contributed by atoms with E-state index in [0.717, 1.165) is 49.3 Å². The first kappa shape index (κ1) is 23.2. The molecule has 0 aromatic heterocycles. The van der Waals surface area contributed by atoms with Crippen LogP contribution in [-0.2, 0) is 26.0 Å². The fraction of sp³-hybridized carbons (Fsp3) is 0.667. The van der Waals surface area contributed by atoms with E-state index in [1.54, 1.807) is 23.1 Å². The van der Waals surface area contributed by atoms with Gasteiger partial charge in [-0.1, -0.05) is 6.92 Å². The van der Waals surface area contributed by atoms with Crippen LogP contribution in [0.1, 0.15) is 64.9 Å². The van der Waals surface area contributed by atoms with Gasteiger partial charge in [0.15, 0.2) is 0 Å². The minimum Gasteiger partial charge on any atom is -0.353 e. The maximum Gasteiger partial charge on any atom is 0.243 e. The summed E-state index contributed by atoms with van der Waals surface area (Å²) in [4.78, 5) is 26.8. The van der Waals surface area contributed by atoms with Crippen molar-refractivity contribution >= 4 is 27.5 Å². The smallest absolute Gasteiger partial charge is 0.243 e. The van der Waals surface area contributed by atoms with Crippen molar-refractivity contribution in [3.05, 3.63) is 23.8 Å². The summed E-state index contributed by atoms with van der Waals surface area (Å²) in [6.45, 7) is 6.41. The van der Waals surface area contributed by atoms with Crippen LogP contribution in [0.25, 0.3) is 0 Å². The second kappa shape index (κ2) is 9.14. The first-order chi connectivity index (χ1) is 15.2. The third kappa shape index (κ3) is 4.57. The molecule has 0 radical (unpaired) electrons. The molecule has 1 saturated heterocycles. The number of anilines is 1. The molecule has 2 amide bonds. The van der Waals surface area contributed by atoms with Crippen LogP contribution < -0.4 is 10.2 Å². The molecule has 0 bridgehead atoms. The maximum atomic E-state index is 13.4. The minimum absolute atomic E-state index is 0.00988. The summed E-state index contributed by atoms with van der Waals surface area (Å²) in [6, 6.07) is 5.28. The quantitative estimate of drug-likeness (QED) is 0.747. The van der Waals surface area contributed by atoms with E-state index in [2.05, 4.69) is 12.2 Å². The lowest BCUT2D eigenvalue weighted by Gasteiger charge is -2.33. The zero-order chi connectivity index (χ0) is 23.0. The SMILES string of the molecule is CC(=O)N1c2ccc(S(=O)(=O)N3CCC[C@H](C(=O)NC4CCC(C)CC4)C3)cc2C[C@@H]1C. The van der Waals surface area contributed by atoms with Crippen LogP contribution in [0.2, 0.25) is 0 Å². The second-order valence-electron chi connectivity index (χ2n) is 9.90. The summed E-state index contributed by atoms with van der Waals surface area (Å²) in [7, 11) is -3.70. The Bertz CT molecular complexity index is 985. The molecule has 7 nitrogen and oxygen atoms in total. The van der Waals surface area contributed by atoms with Gasteiger partial charge in [-0.25, -0.2) is 8.42 Å². The van der Waals surface area contributed by atoms with Crippen LogP contribution in [0.5, 0.6) is 0 Å². The third-order valence-electron chi connectivity index (χ3n) is 7.36. The van der Waals surface area contributed by atoms with E-state index in [0.29, 0.717) is 19.4 Å². The van der Waals surface area contributed by atoms with Crippen LogP contribution in [0.15, 0.2) is 23.1 Å². The highest BCUT2D eigenvalue weighted by atomic mass is 32.2. The number of benzene rings is 1. The van der Waals surface area contributed by atoms with Crippen molar-refractivity contribution in [2.24, 2.45) is 11.8 Å². The van der Waals surface area contributed by atoms with Crippen LogP contribution in [0.4, 0.5) is 5.69 Å². The number of piperidine rings is 1. The largest absolute Gasteiger partial charge is 0.353 e. The molecule has 2 heterocycles. The third-order valence-corrected chi connectivity index (χ3v) is 9.22. The summed E-state index contributed by atoms with van der Waals surface area (Å²) >= 11 is 0. The van der Waals surface area contributed by atoms with Crippen molar-refractivity contribution in [1.29, 1.82) is 0 Å². The lowest BCUT2D eigenvalue weighted by Crippen LogP contribution is -2.48. The summed E-state index contributed by atoms with van der Waals surface area (Å²) in [6.07, 6.45) is 6.32. The van der Waals surface area contributed by atoms with E-state index in [-0.39, 0.29) is 41.3 Å². The van der Waals surface area contributed by atoms with Gasteiger partial charge in [-0.05, 0) is 81.5 Å². The van der Waals surface area contributed by atoms with Crippen LogP contribution in [0.3, 0.4) is 0 Å². The number of carbonyl (C=O) groups is 2. The van der Waals surface area contributed by atoms with Gasteiger partial charge in [-0.2, -0.15) is 4.31 Å². The molecule has 8 heteroatoms. The van der Waals surface area contributed by atoms with Gasteiger partial charge < -0.3 is 10.2 Å². The van der Waals surface area contributed by atoms with E-state index >= 15 is 0 Å². The molecule has 1 aromatic carbocycles. The summed E-state index contributed by atoms with van der Waals surface area (Å²) < 4.78 is 28.2. The number of nitrogens with one attached hydrogen (secondary N) is 1. The average molecular weight is 462 g/mol. The van der Waals surface area contributed by atoms with E-state index in [1.165, 1.54) is 11.2 Å². The molecule has 1 N–H and O–H groups in total. The number of carbonyl (C=O) groups excluding carboxylic acids is 2. The van der Waals surface area contributed by atoms with Gasteiger partial charge in [-0.3, -0.25) is 9.59 Å². The molecule has 3 aliphatic rings. The minimum atomic E-state index is -3.70. The Morgan fingerprint density at radius 1 is 1.06 bits per heavy atom. The summed E-state index contributed by atoms with van der Waals surface area (Å²) in [5.74, 6) is 0.366. The van der Waals surface area contributed by atoms with Crippen molar-refractivity contribution < 1.29 is 18.0 Å². The van der Waals surface area contributed by atoms with Crippen molar-refractivity contribution in [3.63, 3.8) is 0 Å². The number of sulfonamides is 1. The second-order valence-corrected chi connectivity index (χ2v) is 11.8. The van der Waals surface area contributed by atoms with E-state index in [9.17, 15) is 18.0 Å². The Morgan fingerprint density at radius 3 is 2.47 bits per heavy atom. The molecule has 4 rings (SSSR count). The zero-order valence-electron chi connectivity index (χ0n) is 19.3. The van der Waals surface area contributed by atoms with Gasteiger partial charge in [-0.15, -0.1) is 0 Å². The van der Waals surface area contributed by atoms with Crippen LogP contribution >= 0.6 is 0 Å². The molecule has 1 aromatic rings. The number of nitrogens with zero attached hydrogens (tertiary/aromatic N) is 2. The van der Waals surface area contributed by atoms with Crippen LogP contribution in [-0.4, -0.2) is 49.7 Å². The van der Waals surface area contributed by atoms with Crippen LogP contribution in [0, 0.1) is 11.8 Å². The monoisotopic (exact) mass is 461 g/mol.